The van der Waals surface area contributed by atoms with Crippen LogP contribution in [0.1, 0.15) is 24.0 Å². The van der Waals surface area contributed by atoms with Gasteiger partial charge in [0.15, 0.2) is 4.80 Å². The van der Waals surface area contributed by atoms with Gasteiger partial charge in [-0.25, -0.2) is 4.99 Å². The van der Waals surface area contributed by atoms with Crippen LogP contribution in [0.2, 0.25) is 0 Å². The number of hydrogen-bond acceptors (Lipinski definition) is 3. The van der Waals surface area contributed by atoms with Gasteiger partial charge in [-0.1, -0.05) is 6.07 Å². The van der Waals surface area contributed by atoms with E-state index >= 15 is 0 Å². The lowest BCUT2D eigenvalue weighted by molar-refractivity contribution is -0.138. The number of carboxylic acid groups (broad SMARTS) is 1. The van der Waals surface area contributed by atoms with Crippen molar-refractivity contribution in [1.29, 1.82) is 0 Å². The summed E-state index contributed by atoms with van der Waals surface area (Å²) in [5, 5.41) is 11.0. The zero-order valence-electron chi connectivity index (χ0n) is 11.1. The molecule has 0 saturated carbocycles. The van der Waals surface area contributed by atoms with E-state index in [0.717, 1.165) is 21.6 Å². The van der Waals surface area contributed by atoms with E-state index in [4.69, 9.17) is 5.11 Å². The lowest BCUT2D eigenvalue weighted by Crippen LogP contribution is -2.09. The summed E-state index contributed by atoms with van der Waals surface area (Å²) in [5.74, 6) is -1.30. The summed E-state index contributed by atoms with van der Waals surface area (Å²) >= 11 is 1.57. The minimum atomic E-state index is -0.808. The summed E-state index contributed by atoms with van der Waals surface area (Å²) in [6, 6.07) is 5.64. The first-order valence-corrected chi connectivity index (χ1v) is 6.85. The van der Waals surface area contributed by atoms with E-state index in [-0.39, 0.29) is 0 Å². The van der Waals surface area contributed by atoms with Gasteiger partial charge in [-0.2, -0.15) is 0 Å². The van der Waals surface area contributed by atoms with E-state index < -0.39 is 11.9 Å². The average molecular weight is 276 g/mol. The number of thiazole rings is 1. The van der Waals surface area contributed by atoms with Crippen molar-refractivity contribution in [3.05, 3.63) is 45.7 Å². The van der Waals surface area contributed by atoms with Crippen molar-refractivity contribution in [2.24, 2.45) is 12.0 Å². The van der Waals surface area contributed by atoms with Gasteiger partial charge in [0.2, 0.25) is 0 Å². The van der Waals surface area contributed by atoms with Crippen LogP contribution in [0.3, 0.4) is 0 Å². The quantitative estimate of drug-likeness (QED) is 0.937. The normalized spacial score (nSPS) is 13.5. The van der Waals surface area contributed by atoms with Crippen LogP contribution >= 0.6 is 11.3 Å². The predicted octanol–water partition coefficient (Wildman–Crippen LogP) is 2.82. The molecule has 0 aliphatic heterocycles. The smallest absolute Gasteiger partial charge is 0.310 e. The highest BCUT2D eigenvalue weighted by Crippen LogP contribution is 2.24. The molecule has 2 aromatic rings. The Hall–Kier alpha value is -1.88. The third-order valence-electron chi connectivity index (χ3n) is 3.07. The van der Waals surface area contributed by atoms with E-state index in [1.807, 2.05) is 48.3 Å². The molecular formula is C14H16N2O2S. The standard InChI is InChI=1S/C14H16N2O2S/c1-9-8-11(15-14-16(3)6-7-19-14)4-5-12(9)10(2)13(17)18/h4-8,10H,1-3H3,(H,17,18). The molecular weight excluding hydrogens is 260 g/mol. The van der Waals surface area contributed by atoms with Gasteiger partial charge in [0.25, 0.3) is 0 Å². The molecule has 0 fully saturated rings. The molecule has 4 nitrogen and oxygen atoms in total. The summed E-state index contributed by atoms with van der Waals surface area (Å²) in [6.45, 7) is 3.61. The van der Waals surface area contributed by atoms with Gasteiger partial charge in [-0.05, 0) is 37.1 Å². The van der Waals surface area contributed by atoms with E-state index in [1.165, 1.54) is 0 Å². The molecule has 100 valence electrons. The Morgan fingerprint density at radius 2 is 2.21 bits per heavy atom. The van der Waals surface area contributed by atoms with Crippen molar-refractivity contribution in [3.8, 4) is 0 Å². The Morgan fingerprint density at radius 3 is 2.74 bits per heavy atom. The minimum absolute atomic E-state index is 0.494. The van der Waals surface area contributed by atoms with Crippen molar-refractivity contribution < 1.29 is 9.90 Å². The highest BCUT2D eigenvalue weighted by atomic mass is 32.1. The van der Waals surface area contributed by atoms with Crippen LogP contribution in [0.25, 0.3) is 0 Å². The number of nitrogens with zero attached hydrogens (tertiary/aromatic N) is 2. The lowest BCUT2D eigenvalue weighted by atomic mass is 9.96. The number of aromatic nitrogens is 1. The number of aliphatic carboxylic acids is 1. The third kappa shape index (κ3) is 2.93. The summed E-state index contributed by atoms with van der Waals surface area (Å²) in [4.78, 5) is 16.5. The van der Waals surface area contributed by atoms with Crippen molar-refractivity contribution in [2.45, 2.75) is 19.8 Å². The Labute approximate surface area is 115 Å². The molecule has 0 bridgehead atoms. The van der Waals surface area contributed by atoms with Gasteiger partial charge >= 0.3 is 5.97 Å². The molecule has 0 radical (unpaired) electrons. The van der Waals surface area contributed by atoms with E-state index in [0.29, 0.717) is 0 Å². The van der Waals surface area contributed by atoms with Crippen molar-refractivity contribution >= 4 is 23.0 Å². The molecule has 1 aromatic heterocycles. The zero-order chi connectivity index (χ0) is 14.0. The number of rotatable bonds is 3. The highest BCUT2D eigenvalue weighted by Gasteiger charge is 2.15. The first-order valence-electron chi connectivity index (χ1n) is 5.97. The predicted molar refractivity (Wildman–Crippen MR) is 75.7 cm³/mol. The second-order valence-corrected chi connectivity index (χ2v) is 5.38. The third-order valence-corrected chi connectivity index (χ3v) is 3.92. The fourth-order valence-corrected chi connectivity index (χ4v) is 2.64. The van der Waals surface area contributed by atoms with Crippen LogP contribution < -0.4 is 4.80 Å². The SMILES string of the molecule is Cc1cc(N=c2sccn2C)ccc1C(C)C(=O)O. The van der Waals surface area contributed by atoms with Gasteiger partial charge in [0.1, 0.15) is 0 Å². The molecule has 1 aromatic carbocycles. The molecule has 0 aliphatic rings. The van der Waals surface area contributed by atoms with Crippen LogP contribution in [-0.4, -0.2) is 15.6 Å². The molecule has 0 saturated heterocycles. The molecule has 0 aliphatic carbocycles. The maximum atomic E-state index is 11.0. The average Bonchev–Trinajstić information content (AvgIpc) is 2.74. The molecule has 0 amide bonds. The fourth-order valence-electron chi connectivity index (χ4n) is 1.89. The second kappa shape index (κ2) is 5.40. The van der Waals surface area contributed by atoms with Crippen LogP contribution in [0.4, 0.5) is 5.69 Å². The Morgan fingerprint density at radius 1 is 1.47 bits per heavy atom. The molecule has 1 heterocycles. The highest BCUT2D eigenvalue weighted by molar-refractivity contribution is 7.07. The van der Waals surface area contributed by atoms with Gasteiger partial charge in [0.05, 0.1) is 11.6 Å². The fraction of sp³-hybridized carbons (Fsp3) is 0.286. The largest absolute Gasteiger partial charge is 0.481 e. The summed E-state index contributed by atoms with van der Waals surface area (Å²) in [7, 11) is 1.95. The van der Waals surface area contributed by atoms with E-state index in [9.17, 15) is 4.79 Å². The van der Waals surface area contributed by atoms with Gasteiger partial charge < -0.3 is 9.67 Å². The van der Waals surface area contributed by atoms with E-state index in [1.54, 1.807) is 18.3 Å². The number of hydrogen-bond donors (Lipinski definition) is 1. The molecule has 1 atom stereocenters. The molecule has 2 rings (SSSR count). The van der Waals surface area contributed by atoms with Crippen molar-refractivity contribution in [2.75, 3.05) is 0 Å². The van der Waals surface area contributed by atoms with Crippen LogP contribution in [0.15, 0.2) is 34.8 Å². The first-order chi connectivity index (χ1) is 8.99. The summed E-state index contributed by atoms with van der Waals surface area (Å²) in [6.07, 6.45) is 1.96. The molecule has 19 heavy (non-hydrogen) atoms. The number of aryl methyl sites for hydroxylation is 2. The van der Waals surface area contributed by atoms with Crippen LogP contribution in [-0.2, 0) is 11.8 Å². The summed E-state index contributed by atoms with van der Waals surface area (Å²) in [5.41, 5.74) is 2.63. The Bertz CT molecular complexity index is 670. The topological polar surface area (TPSA) is 54.6 Å². The van der Waals surface area contributed by atoms with Crippen LogP contribution in [0.5, 0.6) is 0 Å². The Balaban J connectivity index is 2.40. The molecule has 5 heteroatoms. The maximum absolute atomic E-state index is 11.0. The Kier molecular flexibility index (Phi) is 3.85. The van der Waals surface area contributed by atoms with Gasteiger partial charge in [0, 0.05) is 18.6 Å². The van der Waals surface area contributed by atoms with E-state index in [2.05, 4.69) is 4.99 Å². The summed E-state index contributed by atoms with van der Waals surface area (Å²) < 4.78 is 1.95. The number of carboxylic acids is 1. The lowest BCUT2D eigenvalue weighted by Gasteiger charge is -2.10. The molecule has 1 unspecified atom stereocenters. The number of carbonyl (C=O) groups is 1. The number of benzene rings is 1. The second-order valence-electron chi connectivity index (χ2n) is 4.51. The van der Waals surface area contributed by atoms with Crippen molar-refractivity contribution in [3.63, 3.8) is 0 Å². The van der Waals surface area contributed by atoms with Gasteiger partial charge in [-0.3, -0.25) is 4.79 Å². The monoisotopic (exact) mass is 276 g/mol. The van der Waals surface area contributed by atoms with Crippen molar-refractivity contribution in [1.82, 2.24) is 4.57 Å². The maximum Gasteiger partial charge on any atom is 0.310 e. The van der Waals surface area contributed by atoms with Gasteiger partial charge in [-0.15, -0.1) is 11.3 Å². The van der Waals surface area contributed by atoms with Crippen LogP contribution in [0, 0.1) is 6.92 Å². The molecule has 1 N–H and O–H groups in total. The minimum Gasteiger partial charge on any atom is -0.481 e. The molecule has 0 spiro atoms. The first kappa shape index (κ1) is 13.5. The zero-order valence-corrected chi connectivity index (χ0v) is 11.9.